The summed E-state index contributed by atoms with van der Waals surface area (Å²) in [4.78, 5) is 61.6. The molecule has 6 aliphatic heterocycles. The summed E-state index contributed by atoms with van der Waals surface area (Å²) in [7, 11) is 0. The van der Waals surface area contributed by atoms with Gasteiger partial charge in [-0.05, 0) is 93.1 Å². The van der Waals surface area contributed by atoms with Crippen LogP contribution in [0.3, 0.4) is 0 Å². The normalized spacial score (nSPS) is 23.4. The maximum Gasteiger partial charge on any atom is 0.265 e. The van der Waals surface area contributed by atoms with E-state index in [0.29, 0.717) is 60.2 Å². The molecule has 3 atom stereocenters. The Hall–Kier alpha value is -6.42. The second-order valence-electron chi connectivity index (χ2n) is 17.7. The number of benzene rings is 3. The van der Waals surface area contributed by atoms with E-state index in [2.05, 4.69) is 48.4 Å². The summed E-state index contributed by atoms with van der Waals surface area (Å²) in [6.07, 6.45) is 5.84. The summed E-state index contributed by atoms with van der Waals surface area (Å²) in [6, 6.07) is 23.1. The van der Waals surface area contributed by atoms with E-state index >= 15 is 0 Å². The number of nitrogens with one attached hydrogen (secondary N) is 1. The number of carbonyl (C=O) groups is 4. The first-order valence-electron chi connectivity index (χ1n) is 22.3. The third kappa shape index (κ3) is 8.07. The Balaban J connectivity index is 0.706. The largest absolute Gasteiger partial charge is 0.507 e. The van der Waals surface area contributed by atoms with Gasteiger partial charge in [0.15, 0.2) is 12.4 Å². The summed E-state index contributed by atoms with van der Waals surface area (Å²) < 4.78 is 12.6. The number of phenolic OH excluding ortho intramolecular Hbond substituents is 1. The molecule has 0 aliphatic carbocycles. The Labute approximate surface area is 365 Å². The maximum absolute atomic E-state index is 13.6. The van der Waals surface area contributed by atoms with Crippen LogP contribution in [0.5, 0.6) is 17.2 Å². The maximum atomic E-state index is 13.6. The molecule has 4 amide bonds. The highest BCUT2D eigenvalue weighted by atomic mass is 16.5. The summed E-state index contributed by atoms with van der Waals surface area (Å²) in [5.41, 5.74) is 11.2. The number of imide groups is 1. The number of aromatic nitrogens is 2. The van der Waals surface area contributed by atoms with Crippen LogP contribution in [0.4, 0.5) is 22.9 Å². The molecule has 3 aromatic carbocycles. The fourth-order valence-corrected chi connectivity index (χ4v) is 10.6. The lowest BCUT2D eigenvalue weighted by atomic mass is 9.87. The standard InChI is InChI=1S/C47H53N9O7/c48-46-40(24-37(50-51-46)36-7-1-2-10-41(36)57)54-25-31-11-12-32(26-54)55(31)30-5-3-6-34(23-30)63-33-17-21-53(22-18-33)43(59)27-52-19-15-29(16-20-52)35-8-4-9-38-45(35)62-28-44(60)56(38)39-13-14-42(58)49-47(39)61/h1-10,23-24,29,31-33,39,57H,11-22,25-28H2,(H2,48,51)(H,49,58,61)/t31-,32+,39-/m0/s1. The lowest BCUT2D eigenvalue weighted by Crippen LogP contribution is -2.56. The number of nitrogens with zero attached hydrogens (tertiary/aromatic N) is 7. The minimum atomic E-state index is -0.746. The predicted octanol–water partition coefficient (Wildman–Crippen LogP) is 4.07. The molecule has 5 saturated heterocycles. The molecule has 63 heavy (non-hydrogen) atoms. The minimum Gasteiger partial charge on any atom is -0.507 e. The van der Waals surface area contributed by atoms with E-state index in [9.17, 15) is 24.3 Å². The van der Waals surface area contributed by atoms with Gasteiger partial charge in [-0.2, -0.15) is 0 Å². The number of para-hydroxylation sites is 2. The third-order valence-corrected chi connectivity index (χ3v) is 13.8. The second kappa shape index (κ2) is 17.0. The SMILES string of the molecule is Nc1nnc(-c2ccccc2O)cc1N1C[C@H]2CC[C@@H](C1)N2c1cccc(OC2CCN(C(=O)CN3CCC(c4cccc5c4OCC(=O)N5[C@H]4CCC(=O)NC4=O)CC3)CC2)c1. The molecule has 4 aromatic rings. The van der Waals surface area contributed by atoms with Crippen LogP contribution in [0.1, 0.15) is 62.8 Å². The zero-order valence-electron chi connectivity index (χ0n) is 35.2. The molecule has 5 fully saturated rings. The second-order valence-corrected chi connectivity index (χ2v) is 17.7. The van der Waals surface area contributed by atoms with Gasteiger partial charge in [0, 0.05) is 74.8 Å². The van der Waals surface area contributed by atoms with Crippen molar-refractivity contribution in [3.63, 3.8) is 0 Å². The van der Waals surface area contributed by atoms with Crippen molar-refractivity contribution in [1.82, 2.24) is 25.3 Å². The molecule has 328 valence electrons. The number of rotatable bonds is 9. The van der Waals surface area contributed by atoms with Gasteiger partial charge in [0.1, 0.15) is 29.4 Å². The molecule has 2 bridgehead atoms. The Morgan fingerprint density at radius 1 is 0.841 bits per heavy atom. The van der Waals surface area contributed by atoms with Crippen molar-refractivity contribution >= 4 is 46.5 Å². The number of fused-ring (bicyclic) bond motifs is 3. The Kier molecular flexibility index (Phi) is 11.0. The topological polar surface area (TPSA) is 187 Å². The van der Waals surface area contributed by atoms with E-state index in [0.717, 1.165) is 87.4 Å². The van der Waals surface area contributed by atoms with Gasteiger partial charge in [0.25, 0.3) is 5.91 Å². The molecule has 0 spiro atoms. The lowest BCUT2D eigenvalue weighted by Gasteiger charge is -2.43. The van der Waals surface area contributed by atoms with Crippen molar-refractivity contribution in [2.45, 2.75) is 81.5 Å². The molecule has 16 nitrogen and oxygen atoms in total. The Bertz CT molecular complexity index is 2400. The van der Waals surface area contributed by atoms with Crippen LogP contribution in [0.15, 0.2) is 72.8 Å². The van der Waals surface area contributed by atoms with Crippen LogP contribution in [0, 0.1) is 0 Å². The van der Waals surface area contributed by atoms with Gasteiger partial charge in [0.2, 0.25) is 17.7 Å². The number of phenols is 1. The van der Waals surface area contributed by atoms with Gasteiger partial charge in [-0.3, -0.25) is 34.3 Å². The van der Waals surface area contributed by atoms with Crippen molar-refractivity contribution in [3.8, 4) is 28.5 Å². The number of nitrogens with two attached hydrogens (primary N) is 1. The molecule has 6 aliphatic rings. The van der Waals surface area contributed by atoms with Crippen LogP contribution in [-0.4, -0.2) is 125 Å². The van der Waals surface area contributed by atoms with Gasteiger partial charge < -0.3 is 35.0 Å². The van der Waals surface area contributed by atoms with Gasteiger partial charge in [-0.1, -0.05) is 30.3 Å². The average Bonchev–Trinajstić information content (AvgIpc) is 3.56. The van der Waals surface area contributed by atoms with Crippen molar-refractivity contribution < 1.29 is 33.8 Å². The van der Waals surface area contributed by atoms with Gasteiger partial charge in [0.05, 0.1) is 23.6 Å². The summed E-state index contributed by atoms with van der Waals surface area (Å²) in [5.74, 6) is 1.26. The monoisotopic (exact) mass is 855 g/mol. The molecule has 0 saturated carbocycles. The van der Waals surface area contributed by atoms with Crippen molar-refractivity contribution in [1.29, 1.82) is 0 Å². The number of nitrogen functional groups attached to an aromatic ring is 1. The third-order valence-electron chi connectivity index (χ3n) is 13.8. The van der Waals surface area contributed by atoms with Gasteiger partial charge in [-0.25, -0.2) is 0 Å². The first-order chi connectivity index (χ1) is 30.7. The fraction of sp³-hybridized carbons (Fsp3) is 0.447. The summed E-state index contributed by atoms with van der Waals surface area (Å²) >= 11 is 0. The number of piperidine rings is 3. The van der Waals surface area contributed by atoms with E-state index in [-0.39, 0.29) is 54.9 Å². The minimum absolute atomic E-state index is 0.0225. The highest BCUT2D eigenvalue weighted by Crippen LogP contribution is 2.44. The summed E-state index contributed by atoms with van der Waals surface area (Å²) in [6.45, 7) is 4.64. The number of likely N-dealkylation sites (tertiary alicyclic amines) is 2. The fourth-order valence-electron chi connectivity index (χ4n) is 10.6. The van der Waals surface area contributed by atoms with Gasteiger partial charge >= 0.3 is 0 Å². The van der Waals surface area contributed by atoms with Crippen LogP contribution in [0.25, 0.3) is 11.3 Å². The molecular weight excluding hydrogens is 803 g/mol. The molecule has 4 N–H and O–H groups in total. The molecule has 0 unspecified atom stereocenters. The van der Waals surface area contributed by atoms with Crippen LogP contribution in [-0.2, 0) is 19.2 Å². The van der Waals surface area contributed by atoms with Crippen molar-refractivity contribution in [2.24, 2.45) is 0 Å². The number of hydrogen-bond acceptors (Lipinski definition) is 13. The zero-order chi connectivity index (χ0) is 43.2. The number of anilines is 4. The first kappa shape index (κ1) is 40.6. The summed E-state index contributed by atoms with van der Waals surface area (Å²) in [5, 5.41) is 21.4. The predicted molar refractivity (Wildman–Crippen MR) is 236 cm³/mol. The van der Waals surface area contributed by atoms with Crippen LogP contribution in [0.2, 0.25) is 0 Å². The Morgan fingerprint density at radius 2 is 1.60 bits per heavy atom. The Morgan fingerprint density at radius 3 is 2.37 bits per heavy atom. The van der Waals surface area contributed by atoms with Gasteiger partial charge in [-0.15, -0.1) is 10.2 Å². The number of piperazine rings is 1. The van der Waals surface area contributed by atoms with E-state index in [1.807, 2.05) is 47.4 Å². The molecule has 16 heteroatoms. The highest BCUT2D eigenvalue weighted by molar-refractivity contribution is 6.08. The number of hydrogen-bond donors (Lipinski definition) is 3. The number of ether oxygens (including phenoxy) is 2. The molecule has 10 rings (SSSR count). The lowest BCUT2D eigenvalue weighted by molar-refractivity contribution is -0.136. The number of aromatic hydroxyl groups is 1. The van der Waals surface area contributed by atoms with Crippen molar-refractivity contribution in [2.75, 3.05) is 72.9 Å². The van der Waals surface area contributed by atoms with Crippen LogP contribution < -0.4 is 35.2 Å². The smallest absolute Gasteiger partial charge is 0.265 e. The number of amides is 4. The highest BCUT2D eigenvalue weighted by Gasteiger charge is 2.42. The number of carbonyl (C=O) groups excluding carboxylic acids is 4. The molecule has 1 aromatic heterocycles. The van der Waals surface area contributed by atoms with E-state index in [4.69, 9.17) is 15.2 Å². The van der Waals surface area contributed by atoms with E-state index in [1.54, 1.807) is 12.1 Å². The van der Waals surface area contributed by atoms with E-state index < -0.39 is 11.9 Å². The van der Waals surface area contributed by atoms with Crippen LogP contribution >= 0.6 is 0 Å². The first-order valence-corrected chi connectivity index (χ1v) is 22.3. The zero-order valence-corrected chi connectivity index (χ0v) is 35.2. The molecule has 7 heterocycles. The molecular formula is C47H53N9O7. The quantitative estimate of drug-likeness (QED) is 0.205. The molecule has 0 radical (unpaired) electrons. The average molecular weight is 856 g/mol. The van der Waals surface area contributed by atoms with E-state index in [1.165, 1.54) is 4.90 Å². The van der Waals surface area contributed by atoms with Crippen molar-refractivity contribution in [3.05, 3.63) is 78.4 Å².